The topological polar surface area (TPSA) is 102 Å². The summed E-state index contributed by atoms with van der Waals surface area (Å²) in [6.07, 6.45) is 7.02. The largest absolute Gasteiger partial charge is 0.497 e. The summed E-state index contributed by atoms with van der Waals surface area (Å²) >= 11 is 2.73. The molecule has 1 saturated carbocycles. The summed E-state index contributed by atoms with van der Waals surface area (Å²) in [5, 5.41) is 7.08. The first kappa shape index (κ1) is 29.1. The summed E-state index contributed by atoms with van der Waals surface area (Å²) in [4.78, 5) is 44.8. The molecule has 0 aliphatic heterocycles. The lowest BCUT2D eigenvalue weighted by atomic mass is 9.95. The molecule has 1 atom stereocenters. The SMILES string of the molecule is CCC(Sc1nc2c(sc3ccccc32)c(=O)n1CCCC(=O)NC1CCCCC1)C(=O)Nc1cccc(OC)c1. The first-order valence-electron chi connectivity index (χ1n) is 14.3. The third kappa shape index (κ3) is 6.93. The number of anilines is 1. The van der Waals surface area contributed by atoms with Crippen LogP contribution in [0.4, 0.5) is 5.69 Å². The van der Waals surface area contributed by atoms with Crippen LogP contribution in [0.1, 0.15) is 58.3 Å². The van der Waals surface area contributed by atoms with E-state index in [1.807, 2.05) is 49.4 Å². The van der Waals surface area contributed by atoms with Crippen molar-refractivity contribution < 1.29 is 14.3 Å². The maximum Gasteiger partial charge on any atom is 0.272 e. The Labute approximate surface area is 247 Å². The standard InChI is InChI=1S/C31H36N4O4S2/c1-3-24(29(37)33-21-13-9-14-22(19-21)39-2)41-31-34-27-23-15-7-8-16-25(23)40-28(27)30(38)35(31)18-10-17-26(36)32-20-11-5-4-6-12-20/h7-9,13-16,19-20,24H,3-6,10-12,17-18H2,1-2H3,(H,32,36)(H,33,37). The Hall–Kier alpha value is -3.37. The van der Waals surface area contributed by atoms with Gasteiger partial charge in [0.1, 0.15) is 10.4 Å². The van der Waals surface area contributed by atoms with Crippen LogP contribution in [0.15, 0.2) is 58.5 Å². The lowest BCUT2D eigenvalue weighted by Crippen LogP contribution is -2.36. The number of hydrogen-bond donors (Lipinski definition) is 2. The highest BCUT2D eigenvalue weighted by Gasteiger charge is 2.24. The number of carbonyl (C=O) groups excluding carboxylic acids is 2. The van der Waals surface area contributed by atoms with Crippen molar-refractivity contribution in [2.75, 3.05) is 12.4 Å². The van der Waals surface area contributed by atoms with Crippen LogP contribution in [0.2, 0.25) is 0 Å². The van der Waals surface area contributed by atoms with Gasteiger partial charge in [-0.05, 0) is 43.9 Å². The second kappa shape index (κ2) is 13.5. The summed E-state index contributed by atoms with van der Waals surface area (Å²) in [6, 6.07) is 15.3. The number of methoxy groups -OCH3 is 1. The highest BCUT2D eigenvalue weighted by Crippen LogP contribution is 2.33. The van der Waals surface area contributed by atoms with Gasteiger partial charge in [0, 0.05) is 40.8 Å². The number of carbonyl (C=O) groups is 2. The molecular weight excluding hydrogens is 556 g/mol. The number of fused-ring (bicyclic) bond motifs is 3. The van der Waals surface area contributed by atoms with Crippen LogP contribution in [0.5, 0.6) is 5.75 Å². The number of thioether (sulfide) groups is 1. The third-order valence-electron chi connectivity index (χ3n) is 7.45. The normalized spacial score (nSPS) is 14.7. The van der Waals surface area contributed by atoms with Crippen molar-refractivity contribution in [3.8, 4) is 5.75 Å². The number of aromatic nitrogens is 2. The van der Waals surface area contributed by atoms with E-state index in [1.54, 1.807) is 17.7 Å². The highest BCUT2D eigenvalue weighted by atomic mass is 32.2. The van der Waals surface area contributed by atoms with E-state index in [4.69, 9.17) is 9.72 Å². The molecule has 2 amide bonds. The Morgan fingerprint density at radius 3 is 2.73 bits per heavy atom. The van der Waals surface area contributed by atoms with Gasteiger partial charge in [0.05, 0.1) is 17.9 Å². The number of nitrogens with one attached hydrogen (secondary N) is 2. The van der Waals surface area contributed by atoms with Crippen molar-refractivity contribution in [2.24, 2.45) is 0 Å². The van der Waals surface area contributed by atoms with Gasteiger partial charge in [-0.1, -0.05) is 62.2 Å². The molecule has 8 nitrogen and oxygen atoms in total. The molecule has 0 radical (unpaired) electrons. The lowest BCUT2D eigenvalue weighted by molar-refractivity contribution is -0.122. The number of hydrogen-bond acceptors (Lipinski definition) is 7. The maximum atomic E-state index is 13.8. The maximum absolute atomic E-state index is 13.8. The smallest absolute Gasteiger partial charge is 0.272 e. The van der Waals surface area contributed by atoms with Gasteiger partial charge < -0.3 is 15.4 Å². The Bertz CT molecular complexity index is 1590. The Kier molecular flexibility index (Phi) is 9.61. The number of rotatable bonds is 11. The van der Waals surface area contributed by atoms with Gasteiger partial charge in [0.25, 0.3) is 5.56 Å². The zero-order valence-electron chi connectivity index (χ0n) is 23.5. The monoisotopic (exact) mass is 592 g/mol. The van der Waals surface area contributed by atoms with E-state index >= 15 is 0 Å². The molecule has 2 N–H and O–H groups in total. The predicted octanol–water partition coefficient (Wildman–Crippen LogP) is 6.36. The fourth-order valence-corrected chi connectivity index (χ4v) is 7.38. The van der Waals surface area contributed by atoms with Crippen LogP contribution in [-0.2, 0) is 16.1 Å². The average molecular weight is 593 g/mol. The minimum absolute atomic E-state index is 0.0270. The second-order valence-electron chi connectivity index (χ2n) is 10.4. The van der Waals surface area contributed by atoms with Crippen molar-refractivity contribution in [2.45, 2.75) is 81.3 Å². The molecule has 1 fully saturated rings. The molecule has 1 aliphatic rings. The van der Waals surface area contributed by atoms with Crippen molar-refractivity contribution in [1.29, 1.82) is 0 Å². The number of nitrogens with zero attached hydrogens (tertiary/aromatic N) is 2. The number of amides is 2. The molecule has 0 spiro atoms. The Morgan fingerprint density at radius 1 is 1.15 bits per heavy atom. The molecule has 2 heterocycles. The van der Waals surface area contributed by atoms with Crippen LogP contribution in [0, 0.1) is 0 Å². The first-order valence-corrected chi connectivity index (χ1v) is 16.0. The van der Waals surface area contributed by atoms with E-state index in [-0.39, 0.29) is 23.4 Å². The van der Waals surface area contributed by atoms with E-state index in [0.29, 0.717) is 52.6 Å². The zero-order chi connectivity index (χ0) is 28.8. The molecule has 2 aromatic heterocycles. The molecule has 41 heavy (non-hydrogen) atoms. The second-order valence-corrected chi connectivity index (χ2v) is 12.6. The molecular formula is C31H36N4O4S2. The molecule has 2 aromatic carbocycles. The minimum atomic E-state index is -0.476. The average Bonchev–Trinajstić information content (AvgIpc) is 3.36. The lowest BCUT2D eigenvalue weighted by Gasteiger charge is -2.22. The van der Waals surface area contributed by atoms with E-state index < -0.39 is 5.25 Å². The first-order chi connectivity index (χ1) is 20.0. The van der Waals surface area contributed by atoms with Gasteiger partial charge in [-0.3, -0.25) is 19.0 Å². The molecule has 0 bridgehead atoms. The van der Waals surface area contributed by atoms with Gasteiger partial charge >= 0.3 is 0 Å². The fraction of sp³-hybridized carbons (Fsp3) is 0.419. The van der Waals surface area contributed by atoms with Crippen LogP contribution in [0.3, 0.4) is 0 Å². The molecule has 1 aliphatic carbocycles. The van der Waals surface area contributed by atoms with E-state index in [1.165, 1.54) is 29.5 Å². The fourth-order valence-electron chi connectivity index (χ4n) is 5.26. The minimum Gasteiger partial charge on any atom is -0.497 e. The highest BCUT2D eigenvalue weighted by molar-refractivity contribution is 8.00. The Morgan fingerprint density at radius 2 is 1.95 bits per heavy atom. The van der Waals surface area contributed by atoms with Crippen LogP contribution >= 0.6 is 23.1 Å². The third-order valence-corrected chi connectivity index (χ3v) is 9.95. The quantitative estimate of drug-likeness (QED) is 0.155. The van der Waals surface area contributed by atoms with Crippen molar-refractivity contribution in [3.05, 3.63) is 58.9 Å². The van der Waals surface area contributed by atoms with E-state index in [0.717, 1.165) is 35.8 Å². The van der Waals surface area contributed by atoms with E-state index in [9.17, 15) is 14.4 Å². The van der Waals surface area contributed by atoms with Gasteiger partial charge in [0.2, 0.25) is 11.8 Å². The zero-order valence-corrected chi connectivity index (χ0v) is 25.1. The van der Waals surface area contributed by atoms with Crippen molar-refractivity contribution in [3.63, 3.8) is 0 Å². The predicted molar refractivity (Wildman–Crippen MR) is 167 cm³/mol. The van der Waals surface area contributed by atoms with Crippen LogP contribution < -0.4 is 20.9 Å². The molecule has 5 rings (SSSR count). The van der Waals surface area contributed by atoms with Crippen molar-refractivity contribution in [1.82, 2.24) is 14.9 Å². The number of ether oxygens (including phenoxy) is 1. The van der Waals surface area contributed by atoms with Crippen LogP contribution in [0.25, 0.3) is 20.3 Å². The van der Waals surface area contributed by atoms with Gasteiger partial charge in [-0.2, -0.15) is 0 Å². The van der Waals surface area contributed by atoms with Crippen LogP contribution in [-0.4, -0.2) is 39.8 Å². The van der Waals surface area contributed by atoms with Gasteiger partial charge in [-0.25, -0.2) is 4.98 Å². The summed E-state index contributed by atoms with van der Waals surface area (Å²) in [5.74, 6) is 0.508. The Balaban J connectivity index is 1.39. The van der Waals surface area contributed by atoms with Gasteiger partial charge in [0.15, 0.2) is 5.16 Å². The number of benzene rings is 2. The summed E-state index contributed by atoms with van der Waals surface area (Å²) in [6.45, 7) is 2.30. The molecule has 0 saturated heterocycles. The molecule has 1 unspecified atom stereocenters. The summed E-state index contributed by atoms with van der Waals surface area (Å²) in [7, 11) is 1.58. The molecule has 216 valence electrons. The molecule has 10 heteroatoms. The van der Waals surface area contributed by atoms with Crippen molar-refractivity contribution >= 4 is 60.9 Å². The van der Waals surface area contributed by atoms with E-state index in [2.05, 4.69) is 10.6 Å². The number of thiophene rings is 1. The molecule has 4 aromatic rings. The van der Waals surface area contributed by atoms with Gasteiger partial charge in [-0.15, -0.1) is 11.3 Å². The summed E-state index contributed by atoms with van der Waals surface area (Å²) < 4.78 is 8.52. The summed E-state index contributed by atoms with van der Waals surface area (Å²) in [5.41, 5.74) is 1.17.